The minimum Gasteiger partial charge on any atom is -0.481 e. The number of carboxylic acid groups (broad SMARTS) is 1. The average Bonchev–Trinajstić information content (AvgIpc) is 2.52. The van der Waals surface area contributed by atoms with E-state index in [9.17, 15) is 19.2 Å². The van der Waals surface area contributed by atoms with E-state index in [4.69, 9.17) is 5.11 Å². The van der Waals surface area contributed by atoms with E-state index in [1.54, 1.807) is 20.8 Å². The van der Waals surface area contributed by atoms with Crippen molar-refractivity contribution in [2.45, 2.75) is 72.1 Å². The molecule has 150 valence electrons. The van der Waals surface area contributed by atoms with Crippen molar-refractivity contribution in [3.8, 4) is 0 Å². The topological polar surface area (TPSA) is 122 Å². The summed E-state index contributed by atoms with van der Waals surface area (Å²) < 4.78 is 4.66. The van der Waals surface area contributed by atoms with Crippen LogP contribution in [0.4, 0.5) is 4.79 Å². The SMILES string of the molecule is CC(C)(C)C(=O)OC(=O)NCCCCCC(=O)NCCCCCC(=O)O. The highest BCUT2D eigenvalue weighted by molar-refractivity contribution is 5.87. The summed E-state index contributed by atoms with van der Waals surface area (Å²) in [5.74, 6) is -1.39. The first-order chi connectivity index (χ1) is 12.1. The number of esters is 1. The van der Waals surface area contributed by atoms with Gasteiger partial charge in [0.1, 0.15) is 0 Å². The maximum absolute atomic E-state index is 11.6. The highest BCUT2D eigenvalue weighted by Crippen LogP contribution is 2.14. The Balaban J connectivity index is 3.51. The fraction of sp³-hybridized carbons (Fsp3) is 0.778. The van der Waals surface area contributed by atoms with E-state index in [0.29, 0.717) is 38.8 Å². The van der Waals surface area contributed by atoms with Crippen molar-refractivity contribution in [1.29, 1.82) is 0 Å². The molecular formula is C18H32N2O6. The van der Waals surface area contributed by atoms with Crippen LogP contribution in [0.15, 0.2) is 0 Å². The monoisotopic (exact) mass is 372 g/mol. The van der Waals surface area contributed by atoms with Gasteiger partial charge in [-0.05, 0) is 46.5 Å². The Hall–Kier alpha value is -2.12. The Morgan fingerprint density at radius 1 is 0.808 bits per heavy atom. The number of carboxylic acids is 1. The number of rotatable bonds is 12. The van der Waals surface area contributed by atoms with Gasteiger partial charge in [0.05, 0.1) is 5.41 Å². The first kappa shape index (κ1) is 23.9. The van der Waals surface area contributed by atoms with Gasteiger partial charge < -0.3 is 20.5 Å². The molecule has 2 amide bonds. The first-order valence-corrected chi connectivity index (χ1v) is 9.11. The molecule has 26 heavy (non-hydrogen) atoms. The second kappa shape index (κ2) is 13.1. The molecule has 0 aliphatic rings. The van der Waals surface area contributed by atoms with Gasteiger partial charge in [-0.2, -0.15) is 0 Å². The van der Waals surface area contributed by atoms with E-state index >= 15 is 0 Å². The Kier molecular flexibility index (Phi) is 12.1. The molecule has 0 atom stereocenters. The molecule has 0 spiro atoms. The standard InChI is InChI=1S/C18H32N2O6/c1-18(2,3)16(24)26-17(25)20-13-9-4-6-10-14(21)19-12-8-5-7-11-15(22)23/h4-13H2,1-3H3,(H,19,21)(H,20,25)(H,22,23). The number of ether oxygens (including phenoxy) is 1. The van der Waals surface area contributed by atoms with Crippen molar-refractivity contribution < 1.29 is 29.0 Å². The molecule has 0 aromatic rings. The van der Waals surface area contributed by atoms with Gasteiger partial charge >= 0.3 is 18.0 Å². The zero-order valence-electron chi connectivity index (χ0n) is 16.1. The van der Waals surface area contributed by atoms with Crippen molar-refractivity contribution in [3.05, 3.63) is 0 Å². The van der Waals surface area contributed by atoms with Gasteiger partial charge in [-0.25, -0.2) is 4.79 Å². The summed E-state index contributed by atoms with van der Waals surface area (Å²) in [6.07, 6.45) is 4.21. The third-order valence-corrected chi connectivity index (χ3v) is 3.54. The normalized spacial score (nSPS) is 10.9. The van der Waals surface area contributed by atoms with Crippen molar-refractivity contribution in [1.82, 2.24) is 10.6 Å². The average molecular weight is 372 g/mol. The second-order valence-electron chi connectivity index (χ2n) is 7.22. The number of hydrogen-bond acceptors (Lipinski definition) is 5. The number of hydrogen-bond donors (Lipinski definition) is 3. The van der Waals surface area contributed by atoms with Gasteiger partial charge in [0.15, 0.2) is 0 Å². The Morgan fingerprint density at radius 2 is 1.35 bits per heavy atom. The van der Waals surface area contributed by atoms with Gasteiger partial charge in [-0.3, -0.25) is 14.4 Å². The van der Waals surface area contributed by atoms with E-state index in [-0.39, 0.29) is 12.3 Å². The molecule has 0 fully saturated rings. The van der Waals surface area contributed by atoms with Crippen LogP contribution >= 0.6 is 0 Å². The van der Waals surface area contributed by atoms with Crippen LogP contribution in [0.3, 0.4) is 0 Å². The van der Waals surface area contributed by atoms with Crippen LogP contribution in [0.1, 0.15) is 72.1 Å². The molecule has 0 saturated heterocycles. The first-order valence-electron chi connectivity index (χ1n) is 9.11. The Bertz CT molecular complexity index is 471. The molecule has 0 radical (unpaired) electrons. The van der Waals surface area contributed by atoms with Crippen LogP contribution in [-0.4, -0.2) is 42.1 Å². The Labute approximate surface area is 155 Å². The van der Waals surface area contributed by atoms with Crippen LogP contribution in [0, 0.1) is 5.41 Å². The number of amides is 2. The zero-order valence-corrected chi connectivity index (χ0v) is 16.1. The summed E-state index contributed by atoms with van der Waals surface area (Å²) >= 11 is 0. The predicted octanol–water partition coefficient (Wildman–Crippen LogP) is 2.61. The maximum Gasteiger partial charge on any atom is 0.414 e. The molecule has 0 aliphatic heterocycles. The van der Waals surface area contributed by atoms with E-state index in [2.05, 4.69) is 15.4 Å². The van der Waals surface area contributed by atoms with E-state index in [0.717, 1.165) is 19.3 Å². The third-order valence-electron chi connectivity index (χ3n) is 3.54. The third kappa shape index (κ3) is 14.2. The zero-order chi connectivity index (χ0) is 20.0. The van der Waals surface area contributed by atoms with Gasteiger partial charge in [0, 0.05) is 25.9 Å². The summed E-state index contributed by atoms with van der Waals surface area (Å²) in [6.45, 7) is 5.96. The van der Waals surface area contributed by atoms with Gasteiger partial charge in [0.2, 0.25) is 5.91 Å². The molecule has 0 aliphatic carbocycles. The lowest BCUT2D eigenvalue weighted by Crippen LogP contribution is -2.32. The smallest absolute Gasteiger partial charge is 0.414 e. The number of nitrogens with one attached hydrogen (secondary N) is 2. The predicted molar refractivity (Wildman–Crippen MR) is 96.5 cm³/mol. The van der Waals surface area contributed by atoms with Gasteiger partial charge in [-0.15, -0.1) is 0 Å². The second-order valence-corrected chi connectivity index (χ2v) is 7.22. The molecule has 0 rings (SSSR count). The molecule has 0 heterocycles. The minimum atomic E-state index is -0.794. The molecule has 0 saturated carbocycles. The maximum atomic E-state index is 11.6. The largest absolute Gasteiger partial charge is 0.481 e. The Morgan fingerprint density at radius 3 is 1.88 bits per heavy atom. The van der Waals surface area contributed by atoms with Crippen molar-refractivity contribution in [2.24, 2.45) is 5.41 Å². The van der Waals surface area contributed by atoms with Crippen LogP contribution in [0.25, 0.3) is 0 Å². The fourth-order valence-electron chi connectivity index (χ4n) is 1.95. The molecule has 8 nitrogen and oxygen atoms in total. The molecular weight excluding hydrogens is 340 g/mol. The lowest BCUT2D eigenvalue weighted by molar-refractivity contribution is -0.146. The van der Waals surface area contributed by atoms with Crippen LogP contribution < -0.4 is 10.6 Å². The molecule has 8 heteroatoms. The van der Waals surface area contributed by atoms with Crippen molar-refractivity contribution >= 4 is 23.9 Å². The van der Waals surface area contributed by atoms with E-state index in [1.807, 2.05) is 0 Å². The van der Waals surface area contributed by atoms with E-state index < -0.39 is 23.4 Å². The van der Waals surface area contributed by atoms with Crippen LogP contribution in [-0.2, 0) is 19.1 Å². The summed E-state index contributed by atoms with van der Waals surface area (Å²) in [7, 11) is 0. The summed E-state index contributed by atoms with van der Waals surface area (Å²) in [6, 6.07) is 0. The van der Waals surface area contributed by atoms with E-state index in [1.165, 1.54) is 0 Å². The van der Waals surface area contributed by atoms with Gasteiger partial charge in [-0.1, -0.05) is 12.8 Å². The van der Waals surface area contributed by atoms with Gasteiger partial charge in [0.25, 0.3) is 0 Å². The number of aliphatic carboxylic acids is 1. The quantitative estimate of drug-likeness (QED) is 0.275. The number of carbonyl (C=O) groups is 4. The summed E-state index contributed by atoms with van der Waals surface area (Å²) in [4.78, 5) is 44.9. The number of carbonyl (C=O) groups excluding carboxylic acids is 3. The fourth-order valence-corrected chi connectivity index (χ4v) is 1.95. The number of unbranched alkanes of at least 4 members (excludes halogenated alkanes) is 4. The molecule has 3 N–H and O–H groups in total. The lowest BCUT2D eigenvalue weighted by Gasteiger charge is -2.15. The lowest BCUT2D eigenvalue weighted by atomic mass is 9.98. The summed E-state index contributed by atoms with van der Waals surface area (Å²) in [5.41, 5.74) is -0.721. The summed E-state index contributed by atoms with van der Waals surface area (Å²) in [5, 5.41) is 13.8. The highest BCUT2D eigenvalue weighted by atomic mass is 16.6. The van der Waals surface area contributed by atoms with Crippen molar-refractivity contribution in [2.75, 3.05) is 13.1 Å². The minimum absolute atomic E-state index is 0.0219. The van der Waals surface area contributed by atoms with Crippen LogP contribution in [0.5, 0.6) is 0 Å². The highest BCUT2D eigenvalue weighted by Gasteiger charge is 2.25. The molecule has 0 aromatic carbocycles. The van der Waals surface area contributed by atoms with Crippen molar-refractivity contribution in [3.63, 3.8) is 0 Å². The molecule has 0 bridgehead atoms. The number of alkyl carbamates (subject to hydrolysis) is 1. The van der Waals surface area contributed by atoms with Crippen LogP contribution in [0.2, 0.25) is 0 Å². The molecule has 0 unspecified atom stereocenters. The molecule has 0 aromatic heterocycles.